The van der Waals surface area contributed by atoms with E-state index in [0.717, 1.165) is 0 Å². The van der Waals surface area contributed by atoms with Gasteiger partial charge in [-0.3, -0.25) is 14.3 Å². The second-order valence-corrected chi connectivity index (χ2v) is 4.78. The molecule has 0 spiro atoms. The molecule has 0 radical (unpaired) electrons. The molecule has 1 heterocycles. The van der Waals surface area contributed by atoms with E-state index < -0.39 is 0 Å². The van der Waals surface area contributed by atoms with E-state index in [1.54, 1.807) is 7.05 Å². The van der Waals surface area contributed by atoms with Crippen LogP contribution in [0.4, 0.5) is 5.69 Å². The number of hydrogen-bond donors (Lipinski definition) is 3. The molecular formula is C12H21N5O2. The van der Waals surface area contributed by atoms with Crippen LogP contribution in [0, 0.1) is 5.92 Å². The molecule has 0 saturated carbocycles. The Labute approximate surface area is 112 Å². The van der Waals surface area contributed by atoms with Crippen molar-refractivity contribution in [2.75, 3.05) is 18.8 Å². The van der Waals surface area contributed by atoms with Crippen molar-refractivity contribution in [2.45, 2.75) is 20.3 Å². The van der Waals surface area contributed by atoms with Crippen LogP contribution in [-0.4, -0.2) is 34.7 Å². The highest BCUT2D eigenvalue weighted by atomic mass is 16.2. The number of nitrogen functional groups attached to an aromatic ring is 1. The summed E-state index contributed by atoms with van der Waals surface area (Å²) in [5.41, 5.74) is 6.26. The molecule has 0 saturated heterocycles. The number of aromatic nitrogens is 2. The number of amides is 2. The van der Waals surface area contributed by atoms with Gasteiger partial charge in [0.1, 0.15) is 5.69 Å². The van der Waals surface area contributed by atoms with Gasteiger partial charge in [0.05, 0.1) is 11.9 Å². The van der Waals surface area contributed by atoms with Crippen molar-refractivity contribution in [1.82, 2.24) is 20.4 Å². The molecule has 7 heteroatoms. The third kappa shape index (κ3) is 4.61. The van der Waals surface area contributed by atoms with Crippen LogP contribution < -0.4 is 16.4 Å². The Balaban J connectivity index is 2.34. The largest absolute Gasteiger partial charge is 0.396 e. The summed E-state index contributed by atoms with van der Waals surface area (Å²) in [4.78, 5) is 23.3. The summed E-state index contributed by atoms with van der Waals surface area (Å²) in [6.45, 7) is 4.95. The van der Waals surface area contributed by atoms with Gasteiger partial charge in [-0.1, -0.05) is 13.8 Å². The van der Waals surface area contributed by atoms with Gasteiger partial charge in [0.25, 0.3) is 5.91 Å². The normalized spacial score (nSPS) is 10.5. The minimum atomic E-state index is -0.325. The van der Waals surface area contributed by atoms with Crippen LogP contribution in [0.2, 0.25) is 0 Å². The van der Waals surface area contributed by atoms with Gasteiger partial charge in [-0.15, -0.1) is 0 Å². The highest BCUT2D eigenvalue weighted by Gasteiger charge is 2.14. The quantitative estimate of drug-likeness (QED) is 0.669. The highest BCUT2D eigenvalue weighted by molar-refractivity contribution is 5.97. The van der Waals surface area contributed by atoms with Crippen LogP contribution >= 0.6 is 0 Å². The SMILES string of the molecule is CC(C)CNC(=O)CCNC(=O)c1c(N)cnn1C. The molecule has 7 nitrogen and oxygen atoms in total. The number of aryl methyl sites for hydroxylation is 1. The molecule has 19 heavy (non-hydrogen) atoms. The van der Waals surface area contributed by atoms with Crippen molar-refractivity contribution >= 4 is 17.5 Å². The van der Waals surface area contributed by atoms with Crippen molar-refractivity contribution in [1.29, 1.82) is 0 Å². The fraction of sp³-hybridized carbons (Fsp3) is 0.583. The zero-order valence-electron chi connectivity index (χ0n) is 11.6. The fourth-order valence-corrected chi connectivity index (χ4v) is 1.51. The van der Waals surface area contributed by atoms with Gasteiger partial charge in [-0.05, 0) is 5.92 Å². The van der Waals surface area contributed by atoms with Gasteiger partial charge >= 0.3 is 0 Å². The average molecular weight is 267 g/mol. The summed E-state index contributed by atoms with van der Waals surface area (Å²) >= 11 is 0. The first-order chi connectivity index (χ1) is 8.91. The molecule has 1 rings (SSSR count). The molecule has 4 N–H and O–H groups in total. The Morgan fingerprint density at radius 3 is 2.63 bits per heavy atom. The summed E-state index contributed by atoms with van der Waals surface area (Å²) in [7, 11) is 1.64. The molecule has 0 aliphatic heterocycles. The smallest absolute Gasteiger partial charge is 0.271 e. The van der Waals surface area contributed by atoms with Crippen molar-refractivity contribution in [2.24, 2.45) is 13.0 Å². The predicted molar refractivity (Wildman–Crippen MR) is 72.4 cm³/mol. The molecule has 106 valence electrons. The molecule has 1 aromatic heterocycles. The van der Waals surface area contributed by atoms with E-state index in [2.05, 4.69) is 15.7 Å². The fourth-order valence-electron chi connectivity index (χ4n) is 1.51. The van der Waals surface area contributed by atoms with E-state index in [1.165, 1.54) is 10.9 Å². The molecule has 0 aromatic carbocycles. The van der Waals surface area contributed by atoms with Crippen molar-refractivity contribution in [3.8, 4) is 0 Å². The van der Waals surface area contributed by atoms with Gasteiger partial charge < -0.3 is 16.4 Å². The lowest BCUT2D eigenvalue weighted by atomic mass is 10.2. The van der Waals surface area contributed by atoms with Crippen molar-refractivity contribution in [3.63, 3.8) is 0 Å². The summed E-state index contributed by atoms with van der Waals surface area (Å²) in [6, 6.07) is 0. The van der Waals surface area contributed by atoms with Crippen LogP contribution in [0.15, 0.2) is 6.20 Å². The Kier molecular flexibility index (Phi) is 5.35. The molecule has 0 fully saturated rings. The van der Waals surface area contributed by atoms with E-state index >= 15 is 0 Å². The first kappa shape index (κ1) is 15.0. The first-order valence-corrected chi connectivity index (χ1v) is 6.24. The summed E-state index contributed by atoms with van der Waals surface area (Å²) in [5.74, 6) is 0.00826. The van der Waals surface area contributed by atoms with Gasteiger partial charge in [0.2, 0.25) is 5.91 Å². The van der Waals surface area contributed by atoms with Crippen LogP contribution in [-0.2, 0) is 11.8 Å². The maximum Gasteiger partial charge on any atom is 0.271 e. The van der Waals surface area contributed by atoms with E-state index in [9.17, 15) is 9.59 Å². The predicted octanol–water partition coefficient (Wildman–Crippen LogP) is -0.106. The summed E-state index contributed by atoms with van der Waals surface area (Å²) in [6.07, 6.45) is 1.67. The number of nitrogens with one attached hydrogen (secondary N) is 2. The highest BCUT2D eigenvalue weighted by Crippen LogP contribution is 2.08. The number of nitrogens with zero attached hydrogens (tertiary/aromatic N) is 2. The van der Waals surface area contributed by atoms with Crippen molar-refractivity contribution in [3.05, 3.63) is 11.9 Å². The Morgan fingerprint density at radius 2 is 2.11 bits per heavy atom. The Hall–Kier alpha value is -2.05. The van der Waals surface area contributed by atoms with E-state index in [0.29, 0.717) is 23.8 Å². The monoisotopic (exact) mass is 267 g/mol. The van der Waals surface area contributed by atoms with Crippen LogP contribution in [0.1, 0.15) is 30.8 Å². The average Bonchev–Trinajstić information content (AvgIpc) is 2.66. The molecule has 0 unspecified atom stereocenters. The maximum absolute atomic E-state index is 11.8. The lowest BCUT2D eigenvalue weighted by Gasteiger charge is -2.08. The lowest BCUT2D eigenvalue weighted by molar-refractivity contribution is -0.121. The van der Waals surface area contributed by atoms with Crippen molar-refractivity contribution < 1.29 is 9.59 Å². The Bertz CT molecular complexity index is 433. The van der Waals surface area contributed by atoms with Crippen LogP contribution in [0.25, 0.3) is 0 Å². The van der Waals surface area contributed by atoms with E-state index in [4.69, 9.17) is 5.73 Å². The van der Waals surface area contributed by atoms with E-state index in [1.807, 2.05) is 13.8 Å². The molecule has 0 atom stereocenters. The third-order valence-corrected chi connectivity index (χ3v) is 2.53. The number of anilines is 1. The summed E-state index contributed by atoms with van der Waals surface area (Å²) < 4.78 is 1.41. The van der Waals surface area contributed by atoms with E-state index in [-0.39, 0.29) is 24.8 Å². The molecule has 0 aliphatic rings. The number of hydrogen-bond acceptors (Lipinski definition) is 4. The number of nitrogens with two attached hydrogens (primary N) is 1. The van der Waals surface area contributed by atoms with Gasteiger partial charge in [0, 0.05) is 26.6 Å². The lowest BCUT2D eigenvalue weighted by Crippen LogP contribution is -2.33. The zero-order chi connectivity index (χ0) is 14.4. The first-order valence-electron chi connectivity index (χ1n) is 6.24. The number of carbonyl (C=O) groups excluding carboxylic acids is 2. The second-order valence-electron chi connectivity index (χ2n) is 4.78. The second kappa shape index (κ2) is 6.77. The molecule has 1 aromatic rings. The number of rotatable bonds is 6. The zero-order valence-corrected chi connectivity index (χ0v) is 11.6. The van der Waals surface area contributed by atoms with Gasteiger partial charge in [0.15, 0.2) is 0 Å². The molecule has 0 aliphatic carbocycles. The topological polar surface area (TPSA) is 102 Å². The molecule has 2 amide bonds. The van der Waals surface area contributed by atoms with Gasteiger partial charge in [-0.25, -0.2) is 0 Å². The van der Waals surface area contributed by atoms with Gasteiger partial charge in [-0.2, -0.15) is 5.10 Å². The minimum Gasteiger partial charge on any atom is -0.396 e. The molecule has 0 bridgehead atoms. The van der Waals surface area contributed by atoms with Crippen LogP contribution in [0.5, 0.6) is 0 Å². The third-order valence-electron chi connectivity index (χ3n) is 2.53. The minimum absolute atomic E-state index is 0.0769. The standard InChI is InChI=1S/C12H21N5O2/c1-8(2)6-15-10(18)4-5-14-12(19)11-9(13)7-16-17(11)3/h7-8H,4-6,13H2,1-3H3,(H,14,19)(H,15,18). The molecular weight excluding hydrogens is 246 g/mol. The summed E-state index contributed by atoms with van der Waals surface area (Å²) in [5, 5.41) is 9.31. The Morgan fingerprint density at radius 1 is 1.42 bits per heavy atom. The number of carbonyl (C=O) groups is 2. The maximum atomic E-state index is 11.8. The van der Waals surface area contributed by atoms with Crippen LogP contribution in [0.3, 0.4) is 0 Å².